The van der Waals surface area contributed by atoms with Gasteiger partial charge in [0.15, 0.2) is 34.7 Å². The molecule has 8 atom stereocenters. The highest BCUT2D eigenvalue weighted by atomic mass is 16.5. The second kappa shape index (κ2) is 9.78. The number of aromatic hydroxyl groups is 1. The molecule has 1 aromatic rings. The zero-order chi connectivity index (χ0) is 29.1. The summed E-state index contributed by atoms with van der Waals surface area (Å²) in [6, 6.07) is 1.53. The van der Waals surface area contributed by atoms with Gasteiger partial charge in [0, 0.05) is 17.6 Å². The van der Waals surface area contributed by atoms with Crippen molar-refractivity contribution in [3.63, 3.8) is 0 Å². The molecular formula is C27H30N2O10. The fourth-order valence-electron chi connectivity index (χ4n) is 6.49. The Morgan fingerprint density at radius 2 is 1.79 bits per heavy atom. The molecule has 1 amide bonds. The molecule has 12 nitrogen and oxygen atoms in total. The first-order chi connectivity index (χ1) is 18.2. The van der Waals surface area contributed by atoms with Gasteiger partial charge in [-0.1, -0.05) is 19.1 Å². The van der Waals surface area contributed by atoms with E-state index in [4.69, 9.17) is 10.5 Å². The molecule has 208 valence electrons. The van der Waals surface area contributed by atoms with Gasteiger partial charge < -0.3 is 25.8 Å². The number of nitrogens with two attached hydrogens (primary N) is 1. The average molecular weight is 543 g/mol. The third-order valence-electron chi connectivity index (χ3n) is 8.21. The minimum Gasteiger partial charge on any atom is -0.507 e. The molecule has 3 aliphatic carbocycles. The smallest absolute Gasteiger partial charge is 0.330 e. The van der Waals surface area contributed by atoms with Crippen molar-refractivity contribution in [2.45, 2.75) is 37.5 Å². The van der Waals surface area contributed by atoms with Crippen LogP contribution >= 0.6 is 0 Å². The predicted octanol–water partition coefficient (Wildman–Crippen LogP) is -1.02. The van der Waals surface area contributed by atoms with Gasteiger partial charge in [-0.2, -0.15) is 0 Å². The molecule has 4 rings (SSSR count). The van der Waals surface area contributed by atoms with Crippen molar-refractivity contribution in [1.82, 2.24) is 4.90 Å². The minimum atomic E-state index is -3.06. The first-order valence-electron chi connectivity index (χ1n) is 12.4. The van der Waals surface area contributed by atoms with E-state index < -0.39 is 88.1 Å². The van der Waals surface area contributed by atoms with E-state index in [1.54, 1.807) is 13.8 Å². The summed E-state index contributed by atoms with van der Waals surface area (Å²) < 4.78 is 4.81. The van der Waals surface area contributed by atoms with Crippen molar-refractivity contribution in [2.24, 2.45) is 29.4 Å². The van der Waals surface area contributed by atoms with Crippen LogP contribution in [0.25, 0.3) is 6.08 Å². The molecule has 0 aromatic heterocycles. The SMILES string of the molecule is CCOC(=O)/C=C/c1ccc2c(c1O)C(=O)C1C(=O)[C@]3(O)C(=O)C(C(N)=O)C(=O)[C@@H](N(C)C)[C@@H]3[C@@H](O)[C@@H]1C2C. The molecule has 0 bridgehead atoms. The van der Waals surface area contributed by atoms with E-state index in [1.165, 1.54) is 37.2 Å². The van der Waals surface area contributed by atoms with Crippen LogP contribution < -0.4 is 5.73 Å². The summed E-state index contributed by atoms with van der Waals surface area (Å²) in [5, 5.41) is 34.2. The minimum absolute atomic E-state index is 0.0713. The van der Waals surface area contributed by atoms with Gasteiger partial charge in [-0.05, 0) is 38.6 Å². The van der Waals surface area contributed by atoms with Crippen molar-refractivity contribution in [1.29, 1.82) is 0 Å². The Bertz CT molecular complexity index is 1330. The topological polar surface area (TPSA) is 202 Å². The van der Waals surface area contributed by atoms with Gasteiger partial charge in [0.1, 0.15) is 5.75 Å². The van der Waals surface area contributed by atoms with E-state index >= 15 is 0 Å². The lowest BCUT2D eigenvalue weighted by Crippen LogP contribution is -2.77. The Morgan fingerprint density at radius 1 is 1.15 bits per heavy atom. The van der Waals surface area contributed by atoms with Crippen LogP contribution in [0, 0.1) is 23.7 Å². The molecule has 12 heteroatoms. The summed E-state index contributed by atoms with van der Waals surface area (Å²) in [4.78, 5) is 79.3. The second-order valence-electron chi connectivity index (χ2n) is 10.4. The van der Waals surface area contributed by atoms with Crippen LogP contribution in [0.15, 0.2) is 18.2 Å². The number of carbonyl (C=O) groups is 6. The highest BCUT2D eigenvalue weighted by Crippen LogP contribution is 2.54. The van der Waals surface area contributed by atoms with Gasteiger partial charge in [-0.3, -0.25) is 28.9 Å². The van der Waals surface area contributed by atoms with Crippen molar-refractivity contribution >= 4 is 41.1 Å². The highest BCUT2D eigenvalue weighted by molar-refractivity contribution is 6.32. The van der Waals surface area contributed by atoms with E-state index in [0.717, 1.165) is 6.08 Å². The quantitative estimate of drug-likeness (QED) is 0.201. The Balaban J connectivity index is 1.88. The van der Waals surface area contributed by atoms with Crippen molar-refractivity contribution in [3.05, 3.63) is 34.9 Å². The number of ether oxygens (including phenoxy) is 1. The number of aliphatic hydroxyl groups excluding tert-OH is 1. The molecule has 0 spiro atoms. The number of primary amides is 1. The van der Waals surface area contributed by atoms with Gasteiger partial charge in [-0.15, -0.1) is 0 Å². The number of hydrogen-bond donors (Lipinski definition) is 4. The molecule has 0 aliphatic heterocycles. The first kappa shape index (κ1) is 28.3. The molecular weight excluding hydrogens is 512 g/mol. The molecule has 1 aromatic carbocycles. The number of nitrogens with zero attached hydrogens (tertiary/aromatic N) is 1. The molecule has 39 heavy (non-hydrogen) atoms. The van der Waals surface area contributed by atoms with Crippen LogP contribution in [-0.2, 0) is 28.7 Å². The van der Waals surface area contributed by atoms with E-state index in [1.807, 2.05) is 0 Å². The molecule has 0 radical (unpaired) electrons. The maximum absolute atomic E-state index is 13.9. The fourth-order valence-corrected chi connectivity index (χ4v) is 6.49. The summed E-state index contributed by atoms with van der Waals surface area (Å²) in [6.07, 6.45) is 0.578. The number of aliphatic hydroxyl groups is 2. The largest absolute Gasteiger partial charge is 0.507 e. The van der Waals surface area contributed by atoms with Gasteiger partial charge in [0.25, 0.3) is 0 Å². The molecule has 3 unspecified atom stereocenters. The lowest BCUT2D eigenvalue weighted by molar-refractivity contribution is -0.196. The molecule has 5 N–H and O–H groups in total. The number of hydrogen-bond acceptors (Lipinski definition) is 11. The predicted molar refractivity (Wildman–Crippen MR) is 133 cm³/mol. The van der Waals surface area contributed by atoms with Gasteiger partial charge in [0.2, 0.25) is 5.91 Å². The number of amides is 1. The van der Waals surface area contributed by atoms with E-state index in [2.05, 4.69) is 0 Å². The van der Waals surface area contributed by atoms with E-state index in [-0.39, 0.29) is 17.7 Å². The Kier molecular flexibility index (Phi) is 7.09. The number of fused-ring (bicyclic) bond motifs is 3. The normalized spacial score (nSPS) is 34.1. The standard InChI is InChI=1S/C27H30N2O10/c1-5-39-13(30)9-7-11-6-8-12-10(2)14-16(21(32)15(12)20(11)31)24(35)27(38)18(22(14)33)19(29(3)4)23(34)17(25(27)36)26(28)37/h6-10,14,16-19,22,31,33,38H,5H2,1-4H3,(H2,28,37)/b9-7+/t10?,14-,16?,17?,18-,19+,22+,27+/m1/s1. The van der Waals surface area contributed by atoms with Gasteiger partial charge in [0.05, 0.1) is 36.2 Å². The first-order valence-corrected chi connectivity index (χ1v) is 12.4. The zero-order valence-corrected chi connectivity index (χ0v) is 21.8. The maximum atomic E-state index is 13.9. The summed E-state index contributed by atoms with van der Waals surface area (Å²) in [7, 11) is 2.85. The Morgan fingerprint density at radius 3 is 2.36 bits per heavy atom. The molecule has 3 aliphatic rings. The number of ketones is 4. The van der Waals surface area contributed by atoms with Crippen LogP contribution in [0.5, 0.6) is 5.75 Å². The lowest BCUT2D eigenvalue weighted by Gasteiger charge is -2.56. The van der Waals surface area contributed by atoms with Crippen LogP contribution in [0.3, 0.4) is 0 Å². The third kappa shape index (κ3) is 3.93. The number of phenolic OH excluding ortho intramolecular Hbond substituents is 1. The molecule has 2 saturated carbocycles. The van der Waals surface area contributed by atoms with Crippen molar-refractivity contribution < 1.29 is 48.8 Å². The number of Topliss-reactive ketones (excluding diaryl/α,β-unsaturated/α-hetero) is 4. The fraction of sp³-hybridized carbons (Fsp3) is 0.481. The summed E-state index contributed by atoms with van der Waals surface area (Å²) in [5.41, 5.74) is 2.35. The number of esters is 1. The number of likely N-dealkylation sites (N-methyl/N-ethyl adjacent to an activating group) is 1. The zero-order valence-electron chi connectivity index (χ0n) is 21.8. The van der Waals surface area contributed by atoms with Crippen LogP contribution in [0.1, 0.15) is 41.3 Å². The number of carbonyl (C=O) groups excluding carboxylic acids is 6. The van der Waals surface area contributed by atoms with Crippen molar-refractivity contribution in [2.75, 3.05) is 20.7 Å². The van der Waals surface area contributed by atoms with Crippen LogP contribution in [0.4, 0.5) is 0 Å². The van der Waals surface area contributed by atoms with E-state index in [9.17, 15) is 44.1 Å². The second-order valence-corrected chi connectivity index (χ2v) is 10.4. The number of rotatable bonds is 5. The maximum Gasteiger partial charge on any atom is 0.330 e. The van der Waals surface area contributed by atoms with Crippen LogP contribution in [0.2, 0.25) is 0 Å². The average Bonchev–Trinajstić information content (AvgIpc) is 2.85. The molecule has 0 saturated heterocycles. The lowest BCUT2D eigenvalue weighted by atomic mass is 9.49. The molecule has 2 fully saturated rings. The summed E-state index contributed by atoms with van der Waals surface area (Å²) in [6.45, 7) is 3.36. The summed E-state index contributed by atoms with van der Waals surface area (Å²) >= 11 is 0. The van der Waals surface area contributed by atoms with E-state index in [0.29, 0.717) is 5.56 Å². The van der Waals surface area contributed by atoms with Gasteiger partial charge >= 0.3 is 5.97 Å². The molecule has 0 heterocycles. The highest BCUT2D eigenvalue weighted by Gasteiger charge is 2.72. The third-order valence-corrected chi connectivity index (χ3v) is 8.21. The number of benzene rings is 1. The van der Waals surface area contributed by atoms with Crippen molar-refractivity contribution in [3.8, 4) is 5.75 Å². The Hall–Kier alpha value is -3.74. The number of phenols is 1. The summed E-state index contributed by atoms with van der Waals surface area (Å²) in [5.74, 6) is -14.7. The monoisotopic (exact) mass is 542 g/mol. The van der Waals surface area contributed by atoms with Crippen LogP contribution in [-0.4, -0.2) is 93.7 Å². The van der Waals surface area contributed by atoms with Gasteiger partial charge in [-0.25, -0.2) is 4.79 Å². The Labute approximate surface area is 223 Å².